The lowest BCUT2D eigenvalue weighted by atomic mass is 9.90. The van der Waals surface area contributed by atoms with Crippen molar-refractivity contribution in [3.05, 3.63) is 49.7 Å². The maximum atomic E-state index is 13.7. The van der Waals surface area contributed by atoms with Crippen LogP contribution in [0.15, 0.2) is 26.1 Å². The number of aliphatic hydroxyl groups excluding tert-OH is 2. The molecular formula is C25H31NO10. The Morgan fingerprint density at radius 3 is 2.50 bits per heavy atom. The van der Waals surface area contributed by atoms with Gasteiger partial charge in [0.05, 0.1) is 54.3 Å². The van der Waals surface area contributed by atoms with Crippen LogP contribution in [-0.2, 0) is 19.0 Å². The Hall–Kier alpha value is -2.83. The Balaban J connectivity index is 1.88. The molecule has 0 spiro atoms. The first-order valence-electron chi connectivity index (χ1n) is 11.7. The van der Waals surface area contributed by atoms with Crippen LogP contribution < -0.4 is 11.1 Å². The minimum absolute atomic E-state index is 0.123. The SMILES string of the molecule is COC(=O)CC1OC(C)c2c(oc(=O)c3ccc(C4CC(N(C)C)C(O)C(C)O4)c(O)c3c2=O)C1O. The van der Waals surface area contributed by atoms with E-state index >= 15 is 0 Å². The fourth-order valence-electron chi connectivity index (χ4n) is 5.09. The third-order valence-electron chi connectivity index (χ3n) is 7.09. The van der Waals surface area contributed by atoms with Crippen molar-refractivity contribution in [2.45, 2.75) is 69.4 Å². The van der Waals surface area contributed by atoms with Crippen LogP contribution in [0.3, 0.4) is 0 Å². The van der Waals surface area contributed by atoms with Gasteiger partial charge < -0.3 is 38.8 Å². The molecule has 7 atom stereocenters. The maximum absolute atomic E-state index is 13.7. The maximum Gasteiger partial charge on any atom is 0.344 e. The number of rotatable bonds is 4. The minimum atomic E-state index is -1.58. The molecule has 2 aromatic rings. The van der Waals surface area contributed by atoms with E-state index in [0.717, 1.165) is 0 Å². The summed E-state index contributed by atoms with van der Waals surface area (Å²) < 4.78 is 21.7. The lowest BCUT2D eigenvalue weighted by Crippen LogP contribution is -2.50. The van der Waals surface area contributed by atoms with Gasteiger partial charge >= 0.3 is 11.6 Å². The van der Waals surface area contributed by atoms with E-state index in [9.17, 15) is 29.7 Å². The molecule has 1 fully saturated rings. The molecule has 4 rings (SSSR count). The molecule has 0 radical (unpaired) electrons. The lowest BCUT2D eigenvalue weighted by Gasteiger charge is -2.41. The molecule has 1 aromatic carbocycles. The average molecular weight is 506 g/mol. The Morgan fingerprint density at radius 2 is 1.86 bits per heavy atom. The second-order valence-corrected chi connectivity index (χ2v) is 9.55. The molecule has 11 heteroatoms. The summed E-state index contributed by atoms with van der Waals surface area (Å²) in [6, 6.07) is 2.60. The van der Waals surface area contributed by atoms with Crippen LogP contribution in [0.5, 0.6) is 5.75 Å². The highest BCUT2D eigenvalue weighted by Crippen LogP contribution is 2.41. The van der Waals surface area contributed by atoms with Gasteiger partial charge in [0.2, 0.25) is 0 Å². The van der Waals surface area contributed by atoms with Crippen LogP contribution >= 0.6 is 0 Å². The second kappa shape index (κ2) is 9.91. The van der Waals surface area contributed by atoms with Crippen LogP contribution in [0, 0.1) is 0 Å². The summed E-state index contributed by atoms with van der Waals surface area (Å²) in [5.74, 6) is -1.39. The molecular weight excluding hydrogens is 474 g/mol. The summed E-state index contributed by atoms with van der Waals surface area (Å²) in [6.45, 7) is 3.25. The van der Waals surface area contributed by atoms with E-state index in [1.165, 1.54) is 26.2 Å². The predicted molar refractivity (Wildman–Crippen MR) is 127 cm³/mol. The monoisotopic (exact) mass is 505 g/mol. The molecule has 196 valence electrons. The zero-order valence-corrected chi connectivity index (χ0v) is 20.8. The first-order chi connectivity index (χ1) is 17.0. The number of nitrogens with zero attached hydrogens (tertiary/aromatic N) is 1. The normalized spacial score (nSPS) is 30.3. The van der Waals surface area contributed by atoms with Crippen LogP contribution in [0.25, 0.3) is 10.8 Å². The summed E-state index contributed by atoms with van der Waals surface area (Å²) in [5, 5.41) is 32.1. The van der Waals surface area contributed by atoms with Crippen molar-refractivity contribution in [3.8, 4) is 5.75 Å². The first kappa shape index (κ1) is 26.2. The molecule has 0 saturated carbocycles. The number of carbonyl (C=O) groups excluding carboxylic acids is 1. The zero-order chi connectivity index (χ0) is 26.5. The van der Waals surface area contributed by atoms with Crippen LogP contribution in [-0.4, -0.2) is 71.7 Å². The Kier molecular flexibility index (Phi) is 7.22. The molecule has 11 nitrogen and oxygen atoms in total. The van der Waals surface area contributed by atoms with E-state index in [2.05, 4.69) is 4.74 Å². The number of benzene rings is 1. The fraction of sp³-hybridized carbons (Fsp3) is 0.560. The second-order valence-electron chi connectivity index (χ2n) is 9.55. The third kappa shape index (κ3) is 4.41. The minimum Gasteiger partial charge on any atom is -0.507 e. The van der Waals surface area contributed by atoms with Crippen molar-refractivity contribution in [2.24, 2.45) is 0 Å². The van der Waals surface area contributed by atoms with Crippen LogP contribution in [0.1, 0.15) is 61.9 Å². The number of fused-ring (bicyclic) bond motifs is 2. The van der Waals surface area contributed by atoms with E-state index in [0.29, 0.717) is 6.42 Å². The summed E-state index contributed by atoms with van der Waals surface area (Å²) in [6.07, 6.45) is -5.55. The quantitative estimate of drug-likeness (QED) is 0.511. The molecule has 1 saturated heterocycles. The van der Waals surface area contributed by atoms with E-state index < -0.39 is 59.4 Å². The summed E-state index contributed by atoms with van der Waals surface area (Å²) >= 11 is 0. The van der Waals surface area contributed by atoms with Gasteiger partial charge in [0.25, 0.3) is 0 Å². The topological polar surface area (TPSA) is 156 Å². The van der Waals surface area contributed by atoms with Crippen LogP contribution in [0.4, 0.5) is 0 Å². The molecule has 3 N–H and O–H groups in total. The van der Waals surface area contributed by atoms with E-state index in [1.54, 1.807) is 6.92 Å². The molecule has 3 heterocycles. The Bertz CT molecular complexity index is 1290. The molecule has 2 aliphatic heterocycles. The van der Waals surface area contributed by atoms with E-state index in [-0.39, 0.29) is 40.1 Å². The third-order valence-corrected chi connectivity index (χ3v) is 7.09. The highest BCUT2D eigenvalue weighted by Gasteiger charge is 2.40. The standard InChI is InChI=1S/C25H31NO10/c1-10-18-23(31)19-13(25(32)36-24(18)22(30)16(34-10)9-17(27)33-5)7-6-12(21(19)29)15-8-14(26(3)4)20(28)11(2)35-15/h6-7,10-11,14-16,20,22,28-30H,8-9H2,1-5H3. The first-order valence-corrected chi connectivity index (χ1v) is 11.7. The number of carbonyl (C=O) groups is 1. The van der Waals surface area contributed by atoms with Gasteiger partial charge in [-0.15, -0.1) is 0 Å². The number of ether oxygens (including phenoxy) is 3. The van der Waals surface area contributed by atoms with Crippen molar-refractivity contribution < 1.29 is 38.7 Å². The molecule has 2 aliphatic rings. The lowest BCUT2D eigenvalue weighted by molar-refractivity contribution is -0.153. The predicted octanol–water partition coefficient (Wildman–Crippen LogP) is 1.06. The van der Waals surface area contributed by atoms with Crippen molar-refractivity contribution in [3.63, 3.8) is 0 Å². The number of methoxy groups -OCH3 is 1. The number of phenols is 1. The van der Waals surface area contributed by atoms with Crippen molar-refractivity contribution in [1.29, 1.82) is 0 Å². The fourth-order valence-corrected chi connectivity index (χ4v) is 5.09. The van der Waals surface area contributed by atoms with Crippen molar-refractivity contribution >= 4 is 16.7 Å². The number of phenolic OH excluding ortho intramolecular Hbond substituents is 1. The summed E-state index contributed by atoms with van der Waals surface area (Å²) in [5.41, 5.74) is -1.50. The van der Waals surface area contributed by atoms with Gasteiger partial charge in [-0.2, -0.15) is 0 Å². The summed E-state index contributed by atoms with van der Waals surface area (Å²) in [4.78, 5) is 40.3. The smallest absolute Gasteiger partial charge is 0.344 e. The van der Waals surface area contributed by atoms with Gasteiger partial charge in [-0.3, -0.25) is 9.59 Å². The molecule has 36 heavy (non-hydrogen) atoms. The highest BCUT2D eigenvalue weighted by molar-refractivity contribution is 5.88. The molecule has 7 unspecified atom stereocenters. The molecule has 0 aliphatic carbocycles. The average Bonchev–Trinajstić information content (AvgIpc) is 2.93. The number of aliphatic hydroxyl groups is 2. The van der Waals surface area contributed by atoms with Crippen molar-refractivity contribution in [2.75, 3.05) is 21.2 Å². The number of hydrogen-bond acceptors (Lipinski definition) is 11. The van der Waals surface area contributed by atoms with Gasteiger partial charge in [0.1, 0.15) is 23.7 Å². The van der Waals surface area contributed by atoms with Gasteiger partial charge in [0.15, 0.2) is 5.43 Å². The van der Waals surface area contributed by atoms with E-state index in [4.69, 9.17) is 13.9 Å². The number of esters is 1. The van der Waals surface area contributed by atoms with Gasteiger partial charge in [0, 0.05) is 11.6 Å². The molecule has 0 amide bonds. The summed E-state index contributed by atoms with van der Waals surface area (Å²) in [7, 11) is 4.85. The van der Waals surface area contributed by atoms with Crippen molar-refractivity contribution in [1.82, 2.24) is 4.90 Å². The highest BCUT2D eigenvalue weighted by atomic mass is 16.5. The van der Waals surface area contributed by atoms with E-state index in [1.807, 2.05) is 19.0 Å². The number of likely N-dealkylation sites (N-methyl/N-ethyl adjacent to an activating group) is 1. The Labute approximate surface area is 206 Å². The molecule has 1 aromatic heterocycles. The van der Waals surface area contributed by atoms with Gasteiger partial charge in [-0.05, 0) is 40.4 Å². The van der Waals surface area contributed by atoms with Gasteiger partial charge in [-0.1, -0.05) is 6.07 Å². The zero-order valence-electron chi connectivity index (χ0n) is 20.8. The largest absolute Gasteiger partial charge is 0.507 e. The molecule has 0 bridgehead atoms. The number of aromatic hydroxyl groups is 1. The Morgan fingerprint density at radius 1 is 1.17 bits per heavy atom. The van der Waals surface area contributed by atoms with Gasteiger partial charge in [-0.25, -0.2) is 4.79 Å². The number of hydrogen-bond donors (Lipinski definition) is 3. The van der Waals surface area contributed by atoms with Crippen LogP contribution in [0.2, 0.25) is 0 Å².